The first-order chi connectivity index (χ1) is 13.0. The van der Waals surface area contributed by atoms with Crippen molar-refractivity contribution in [1.29, 1.82) is 0 Å². The fraction of sp³-hybridized carbons (Fsp3) is 0.391. The molecule has 0 saturated heterocycles. The van der Waals surface area contributed by atoms with Crippen LogP contribution in [0, 0.1) is 5.92 Å². The van der Waals surface area contributed by atoms with E-state index in [0.717, 1.165) is 12.0 Å². The number of carbonyl (C=O) groups excluding carboxylic acids is 2. The highest BCUT2D eigenvalue weighted by molar-refractivity contribution is 5.94. The smallest absolute Gasteiger partial charge is 0.220 e. The highest BCUT2D eigenvalue weighted by atomic mass is 16.5. The molecular formula is C23H29NO3. The van der Waals surface area contributed by atoms with Crippen LogP contribution < -0.4 is 10.1 Å². The SMILES string of the molecule is CC(=O)c1ccc(OCCCC(=O)NC(CC(C)C)c2ccccc2)cc1. The normalized spacial score (nSPS) is 11.9. The summed E-state index contributed by atoms with van der Waals surface area (Å²) in [6.07, 6.45) is 1.98. The molecule has 0 bridgehead atoms. The van der Waals surface area contributed by atoms with Crippen molar-refractivity contribution in [2.45, 2.75) is 46.1 Å². The van der Waals surface area contributed by atoms with E-state index in [0.29, 0.717) is 36.7 Å². The van der Waals surface area contributed by atoms with Crippen molar-refractivity contribution < 1.29 is 14.3 Å². The van der Waals surface area contributed by atoms with Crippen molar-refractivity contribution in [1.82, 2.24) is 5.32 Å². The third kappa shape index (κ3) is 7.26. The number of ether oxygens (including phenoxy) is 1. The summed E-state index contributed by atoms with van der Waals surface area (Å²) >= 11 is 0. The maximum absolute atomic E-state index is 12.3. The van der Waals surface area contributed by atoms with Crippen molar-refractivity contribution >= 4 is 11.7 Å². The second-order valence-corrected chi connectivity index (χ2v) is 7.19. The number of hydrogen-bond donors (Lipinski definition) is 1. The minimum absolute atomic E-state index is 0.0348. The molecule has 0 aromatic heterocycles. The number of nitrogens with one attached hydrogen (secondary N) is 1. The molecule has 144 valence electrons. The number of Topliss-reactive ketones (excluding diaryl/α,β-unsaturated/α-hetero) is 1. The van der Waals surface area contributed by atoms with Gasteiger partial charge in [0.15, 0.2) is 5.78 Å². The largest absolute Gasteiger partial charge is 0.494 e. The standard InChI is InChI=1S/C23H29NO3/c1-17(2)16-22(20-8-5-4-6-9-20)24-23(26)10-7-15-27-21-13-11-19(12-14-21)18(3)25/h4-6,8-9,11-14,17,22H,7,10,15-16H2,1-3H3,(H,24,26). The van der Waals surface area contributed by atoms with Crippen molar-refractivity contribution in [3.8, 4) is 5.75 Å². The fourth-order valence-electron chi connectivity index (χ4n) is 2.91. The minimum Gasteiger partial charge on any atom is -0.494 e. The molecule has 1 atom stereocenters. The Kier molecular flexibility index (Phi) is 8.05. The van der Waals surface area contributed by atoms with E-state index in [4.69, 9.17) is 4.74 Å². The molecule has 0 spiro atoms. The summed E-state index contributed by atoms with van der Waals surface area (Å²) in [4.78, 5) is 23.6. The number of ketones is 1. The van der Waals surface area contributed by atoms with Crippen LogP contribution in [0.5, 0.6) is 5.75 Å². The van der Waals surface area contributed by atoms with Crippen LogP contribution in [0.25, 0.3) is 0 Å². The zero-order chi connectivity index (χ0) is 19.6. The predicted molar refractivity (Wildman–Crippen MR) is 108 cm³/mol. The van der Waals surface area contributed by atoms with Gasteiger partial charge in [-0.05, 0) is 55.5 Å². The Morgan fingerprint density at radius 3 is 2.26 bits per heavy atom. The average molecular weight is 367 g/mol. The lowest BCUT2D eigenvalue weighted by Gasteiger charge is -2.21. The van der Waals surface area contributed by atoms with Gasteiger partial charge < -0.3 is 10.1 Å². The Morgan fingerprint density at radius 2 is 1.67 bits per heavy atom. The summed E-state index contributed by atoms with van der Waals surface area (Å²) in [6.45, 7) is 6.32. The molecule has 1 unspecified atom stereocenters. The van der Waals surface area contributed by atoms with Crippen LogP contribution >= 0.6 is 0 Å². The summed E-state index contributed by atoms with van der Waals surface area (Å²) in [7, 11) is 0. The predicted octanol–water partition coefficient (Wildman–Crippen LogP) is 4.95. The Bertz CT molecular complexity index is 723. The molecule has 0 aliphatic carbocycles. The number of amides is 1. The van der Waals surface area contributed by atoms with Gasteiger partial charge in [-0.2, -0.15) is 0 Å². The second kappa shape index (κ2) is 10.5. The molecule has 0 radical (unpaired) electrons. The highest BCUT2D eigenvalue weighted by Gasteiger charge is 2.15. The van der Waals surface area contributed by atoms with Crippen LogP contribution in [0.3, 0.4) is 0 Å². The lowest BCUT2D eigenvalue weighted by Crippen LogP contribution is -2.29. The van der Waals surface area contributed by atoms with E-state index >= 15 is 0 Å². The average Bonchev–Trinajstić information content (AvgIpc) is 2.65. The molecule has 1 N–H and O–H groups in total. The van der Waals surface area contributed by atoms with Crippen LogP contribution in [0.15, 0.2) is 54.6 Å². The third-order valence-corrected chi connectivity index (χ3v) is 4.32. The summed E-state index contributed by atoms with van der Waals surface area (Å²) in [6, 6.07) is 17.2. The first-order valence-corrected chi connectivity index (χ1v) is 9.54. The zero-order valence-corrected chi connectivity index (χ0v) is 16.4. The second-order valence-electron chi connectivity index (χ2n) is 7.19. The molecule has 0 saturated carbocycles. The number of hydrogen-bond acceptors (Lipinski definition) is 3. The van der Waals surface area contributed by atoms with E-state index < -0.39 is 0 Å². The van der Waals surface area contributed by atoms with Gasteiger partial charge in [0.2, 0.25) is 5.91 Å². The van der Waals surface area contributed by atoms with Gasteiger partial charge >= 0.3 is 0 Å². The quantitative estimate of drug-likeness (QED) is 0.477. The maximum Gasteiger partial charge on any atom is 0.220 e. The van der Waals surface area contributed by atoms with Crippen LogP contribution in [0.4, 0.5) is 0 Å². The molecule has 2 aromatic carbocycles. The van der Waals surface area contributed by atoms with E-state index in [1.54, 1.807) is 24.3 Å². The van der Waals surface area contributed by atoms with Gasteiger partial charge in [0, 0.05) is 12.0 Å². The maximum atomic E-state index is 12.3. The van der Waals surface area contributed by atoms with Gasteiger partial charge in [-0.25, -0.2) is 0 Å². The molecule has 1 amide bonds. The molecule has 2 rings (SSSR count). The summed E-state index contributed by atoms with van der Waals surface area (Å²) in [5.74, 6) is 1.28. The van der Waals surface area contributed by atoms with E-state index in [1.807, 2.05) is 18.2 Å². The summed E-state index contributed by atoms with van der Waals surface area (Å²) in [5.41, 5.74) is 1.81. The van der Waals surface area contributed by atoms with Crippen LogP contribution in [-0.4, -0.2) is 18.3 Å². The van der Waals surface area contributed by atoms with Gasteiger partial charge in [-0.15, -0.1) is 0 Å². The summed E-state index contributed by atoms with van der Waals surface area (Å²) in [5, 5.41) is 3.15. The Labute approximate surface area is 161 Å². The molecule has 27 heavy (non-hydrogen) atoms. The molecule has 0 heterocycles. The lowest BCUT2D eigenvalue weighted by atomic mass is 9.97. The molecule has 4 heteroatoms. The lowest BCUT2D eigenvalue weighted by molar-refractivity contribution is -0.122. The number of benzene rings is 2. The van der Waals surface area contributed by atoms with Gasteiger partial charge in [-0.1, -0.05) is 44.2 Å². The van der Waals surface area contributed by atoms with E-state index in [9.17, 15) is 9.59 Å². The monoisotopic (exact) mass is 367 g/mol. The van der Waals surface area contributed by atoms with Crippen LogP contribution in [0.1, 0.15) is 62.0 Å². The third-order valence-electron chi connectivity index (χ3n) is 4.32. The van der Waals surface area contributed by atoms with Crippen molar-refractivity contribution in [3.63, 3.8) is 0 Å². The van der Waals surface area contributed by atoms with Crippen LogP contribution in [-0.2, 0) is 4.79 Å². The van der Waals surface area contributed by atoms with E-state index in [-0.39, 0.29) is 17.7 Å². The van der Waals surface area contributed by atoms with Crippen LogP contribution in [0.2, 0.25) is 0 Å². The van der Waals surface area contributed by atoms with Crippen molar-refractivity contribution in [2.24, 2.45) is 5.92 Å². The molecule has 0 aliphatic rings. The topological polar surface area (TPSA) is 55.4 Å². The fourth-order valence-corrected chi connectivity index (χ4v) is 2.91. The number of rotatable bonds is 10. The first-order valence-electron chi connectivity index (χ1n) is 9.54. The molecule has 0 fully saturated rings. The van der Waals surface area contributed by atoms with Crippen molar-refractivity contribution in [2.75, 3.05) is 6.61 Å². The zero-order valence-electron chi connectivity index (χ0n) is 16.4. The van der Waals surface area contributed by atoms with E-state index in [2.05, 4.69) is 31.3 Å². The van der Waals surface area contributed by atoms with E-state index in [1.165, 1.54) is 6.92 Å². The molecule has 0 aliphatic heterocycles. The highest BCUT2D eigenvalue weighted by Crippen LogP contribution is 2.21. The van der Waals surface area contributed by atoms with Gasteiger partial charge in [0.25, 0.3) is 0 Å². The minimum atomic E-state index is 0.0348. The molecule has 4 nitrogen and oxygen atoms in total. The Morgan fingerprint density at radius 1 is 1.00 bits per heavy atom. The Balaban J connectivity index is 1.77. The van der Waals surface area contributed by atoms with Gasteiger partial charge in [0.05, 0.1) is 12.6 Å². The summed E-state index contributed by atoms with van der Waals surface area (Å²) < 4.78 is 5.65. The molecular weight excluding hydrogens is 338 g/mol. The van der Waals surface area contributed by atoms with Gasteiger partial charge in [0.1, 0.15) is 5.75 Å². The molecule has 2 aromatic rings. The van der Waals surface area contributed by atoms with Gasteiger partial charge in [-0.3, -0.25) is 9.59 Å². The van der Waals surface area contributed by atoms with Crippen molar-refractivity contribution in [3.05, 3.63) is 65.7 Å². The number of carbonyl (C=O) groups is 2. The Hall–Kier alpha value is -2.62. The first kappa shape index (κ1) is 20.7.